The number of carbonyl (C=O) groups excluding carboxylic acids is 1. The number of sulfone groups is 1. The van der Waals surface area contributed by atoms with Crippen molar-refractivity contribution in [2.75, 3.05) is 11.5 Å². The molecule has 5 heteroatoms. The van der Waals surface area contributed by atoms with Gasteiger partial charge in [0.05, 0.1) is 5.75 Å². The van der Waals surface area contributed by atoms with Gasteiger partial charge in [0.15, 0.2) is 9.84 Å². The summed E-state index contributed by atoms with van der Waals surface area (Å²) in [6.07, 6.45) is 1.31. The van der Waals surface area contributed by atoms with Crippen molar-refractivity contribution in [2.45, 2.75) is 26.4 Å². The van der Waals surface area contributed by atoms with Crippen LogP contribution in [-0.2, 0) is 21.2 Å². The first-order chi connectivity index (χ1) is 9.35. The maximum absolute atomic E-state index is 12.2. The summed E-state index contributed by atoms with van der Waals surface area (Å²) < 4.78 is 23.4. The minimum absolute atomic E-state index is 0.0540. The lowest BCUT2D eigenvalue weighted by Crippen LogP contribution is -2.40. The minimum atomic E-state index is -3.41. The molecule has 1 aromatic carbocycles. The Morgan fingerprint density at radius 3 is 2.40 bits per heavy atom. The van der Waals surface area contributed by atoms with Crippen LogP contribution in [-0.4, -0.2) is 36.8 Å². The van der Waals surface area contributed by atoms with Crippen molar-refractivity contribution >= 4 is 15.7 Å². The Hall–Kier alpha value is -1.62. The van der Waals surface area contributed by atoms with Crippen LogP contribution in [0.15, 0.2) is 43.0 Å². The van der Waals surface area contributed by atoms with E-state index in [1.54, 1.807) is 4.90 Å². The van der Waals surface area contributed by atoms with Gasteiger partial charge in [0.25, 0.3) is 0 Å². The lowest BCUT2D eigenvalue weighted by molar-refractivity contribution is -0.130. The van der Waals surface area contributed by atoms with Gasteiger partial charge in [-0.25, -0.2) is 8.42 Å². The van der Waals surface area contributed by atoms with Gasteiger partial charge >= 0.3 is 0 Å². The molecular formula is C15H21NO3S. The number of amides is 1. The molecule has 0 heterocycles. The highest BCUT2D eigenvalue weighted by molar-refractivity contribution is 7.92. The monoisotopic (exact) mass is 295 g/mol. The van der Waals surface area contributed by atoms with Crippen LogP contribution in [0.3, 0.4) is 0 Å². The zero-order valence-electron chi connectivity index (χ0n) is 12.0. The van der Waals surface area contributed by atoms with E-state index < -0.39 is 15.6 Å². The van der Waals surface area contributed by atoms with E-state index in [9.17, 15) is 13.2 Å². The first-order valence-electron chi connectivity index (χ1n) is 6.50. The molecule has 0 fully saturated rings. The van der Waals surface area contributed by atoms with Crippen LogP contribution < -0.4 is 0 Å². The predicted octanol–water partition coefficient (Wildman–Crippen LogP) is 2.02. The molecule has 1 amide bonds. The second-order valence-corrected chi connectivity index (χ2v) is 7.05. The summed E-state index contributed by atoms with van der Waals surface area (Å²) in [6.45, 7) is 7.57. The standard InChI is InChI=1S/C15H21NO3S/c1-4-10-20(18,19)12-15(17)16(13(2)3)11-14-8-6-5-7-9-14/h4-9,13H,1,10-12H2,2-3H3. The van der Waals surface area contributed by atoms with E-state index in [0.29, 0.717) is 6.54 Å². The fourth-order valence-corrected chi connectivity index (χ4v) is 2.87. The number of benzene rings is 1. The smallest absolute Gasteiger partial charge is 0.238 e. The Kier molecular flexibility index (Phi) is 5.95. The summed E-state index contributed by atoms with van der Waals surface area (Å²) in [4.78, 5) is 13.8. The van der Waals surface area contributed by atoms with E-state index >= 15 is 0 Å². The molecule has 4 nitrogen and oxygen atoms in total. The lowest BCUT2D eigenvalue weighted by Gasteiger charge is -2.26. The molecule has 0 aliphatic carbocycles. The molecule has 1 aromatic rings. The minimum Gasteiger partial charge on any atom is -0.335 e. The van der Waals surface area contributed by atoms with Crippen molar-refractivity contribution in [1.29, 1.82) is 0 Å². The Labute approximate surface area is 121 Å². The Morgan fingerprint density at radius 1 is 1.30 bits per heavy atom. The molecule has 1 rings (SSSR count). The summed E-state index contributed by atoms with van der Waals surface area (Å²) >= 11 is 0. The molecule has 0 aromatic heterocycles. The molecule has 0 saturated carbocycles. The first-order valence-corrected chi connectivity index (χ1v) is 8.32. The number of carbonyl (C=O) groups is 1. The van der Waals surface area contributed by atoms with E-state index in [-0.39, 0.29) is 17.7 Å². The van der Waals surface area contributed by atoms with Crippen molar-refractivity contribution in [1.82, 2.24) is 4.90 Å². The van der Waals surface area contributed by atoms with Crippen LogP contribution in [0, 0.1) is 0 Å². The van der Waals surface area contributed by atoms with Crippen LogP contribution in [0.4, 0.5) is 0 Å². The van der Waals surface area contributed by atoms with Gasteiger partial charge in [-0.15, -0.1) is 6.58 Å². The largest absolute Gasteiger partial charge is 0.335 e. The summed E-state index contributed by atoms with van der Waals surface area (Å²) in [5, 5.41) is 0. The van der Waals surface area contributed by atoms with Gasteiger partial charge in [-0.3, -0.25) is 4.79 Å². The van der Waals surface area contributed by atoms with Gasteiger partial charge in [-0.1, -0.05) is 36.4 Å². The Bertz CT molecular complexity index is 550. The Morgan fingerprint density at radius 2 is 1.90 bits per heavy atom. The van der Waals surface area contributed by atoms with Crippen LogP contribution in [0.2, 0.25) is 0 Å². The van der Waals surface area contributed by atoms with E-state index in [2.05, 4.69) is 6.58 Å². The number of hydrogen-bond acceptors (Lipinski definition) is 3. The highest BCUT2D eigenvalue weighted by atomic mass is 32.2. The second kappa shape index (κ2) is 7.24. The summed E-state index contributed by atoms with van der Waals surface area (Å²) in [5.74, 6) is -1.01. The van der Waals surface area contributed by atoms with Crippen molar-refractivity contribution in [3.63, 3.8) is 0 Å². The number of rotatable bonds is 7. The maximum atomic E-state index is 12.2. The summed E-state index contributed by atoms with van der Waals surface area (Å²) in [7, 11) is -3.41. The van der Waals surface area contributed by atoms with Crippen LogP contribution in [0.25, 0.3) is 0 Å². The third-order valence-electron chi connectivity index (χ3n) is 2.85. The number of hydrogen-bond donors (Lipinski definition) is 0. The molecule has 0 radical (unpaired) electrons. The van der Waals surface area contributed by atoms with Gasteiger partial charge in [-0.05, 0) is 19.4 Å². The molecular weight excluding hydrogens is 274 g/mol. The highest BCUT2D eigenvalue weighted by Gasteiger charge is 2.22. The molecule has 0 N–H and O–H groups in total. The van der Waals surface area contributed by atoms with Gasteiger partial charge in [0, 0.05) is 12.6 Å². The molecule has 0 bridgehead atoms. The van der Waals surface area contributed by atoms with E-state index in [1.165, 1.54) is 6.08 Å². The third kappa shape index (κ3) is 5.17. The first kappa shape index (κ1) is 16.4. The van der Waals surface area contributed by atoms with Gasteiger partial charge in [0.1, 0.15) is 5.75 Å². The zero-order chi connectivity index (χ0) is 15.2. The SMILES string of the molecule is C=CCS(=O)(=O)CC(=O)N(Cc1ccccc1)C(C)C. The molecule has 0 saturated heterocycles. The predicted molar refractivity (Wildman–Crippen MR) is 81.0 cm³/mol. The molecule has 20 heavy (non-hydrogen) atoms. The average molecular weight is 295 g/mol. The van der Waals surface area contributed by atoms with E-state index in [4.69, 9.17) is 0 Å². The zero-order valence-corrected chi connectivity index (χ0v) is 12.8. The van der Waals surface area contributed by atoms with Crippen molar-refractivity contribution in [2.24, 2.45) is 0 Å². The summed E-state index contributed by atoms with van der Waals surface area (Å²) in [5.41, 5.74) is 0.982. The van der Waals surface area contributed by atoms with Crippen LogP contribution in [0.5, 0.6) is 0 Å². The third-order valence-corrected chi connectivity index (χ3v) is 4.28. The van der Waals surface area contributed by atoms with E-state index in [1.807, 2.05) is 44.2 Å². The molecule has 0 atom stereocenters. The van der Waals surface area contributed by atoms with Gasteiger partial charge in [-0.2, -0.15) is 0 Å². The highest BCUT2D eigenvalue weighted by Crippen LogP contribution is 2.10. The quantitative estimate of drug-likeness (QED) is 0.723. The molecule has 0 unspecified atom stereocenters. The van der Waals surface area contributed by atoms with Crippen LogP contribution >= 0.6 is 0 Å². The number of nitrogens with zero attached hydrogens (tertiary/aromatic N) is 1. The molecule has 0 aliphatic rings. The maximum Gasteiger partial charge on any atom is 0.238 e. The fraction of sp³-hybridized carbons (Fsp3) is 0.400. The topological polar surface area (TPSA) is 54.5 Å². The van der Waals surface area contributed by atoms with Crippen LogP contribution in [0.1, 0.15) is 19.4 Å². The molecule has 0 spiro atoms. The lowest BCUT2D eigenvalue weighted by atomic mass is 10.2. The van der Waals surface area contributed by atoms with E-state index in [0.717, 1.165) is 5.56 Å². The van der Waals surface area contributed by atoms with Gasteiger partial charge < -0.3 is 4.90 Å². The summed E-state index contributed by atoms with van der Waals surface area (Å²) in [6, 6.07) is 9.47. The second-order valence-electron chi connectivity index (χ2n) is 4.94. The normalized spacial score (nSPS) is 11.3. The average Bonchev–Trinajstić information content (AvgIpc) is 2.35. The van der Waals surface area contributed by atoms with Crippen molar-refractivity contribution in [3.05, 3.63) is 48.6 Å². The molecule has 0 aliphatic heterocycles. The Balaban J connectivity index is 2.81. The molecule has 110 valence electrons. The van der Waals surface area contributed by atoms with Crippen molar-refractivity contribution in [3.8, 4) is 0 Å². The van der Waals surface area contributed by atoms with Crippen molar-refractivity contribution < 1.29 is 13.2 Å². The fourth-order valence-electron chi connectivity index (χ4n) is 1.85. The van der Waals surface area contributed by atoms with Gasteiger partial charge in [0.2, 0.25) is 5.91 Å².